The van der Waals surface area contributed by atoms with E-state index in [2.05, 4.69) is 10.3 Å². The second kappa shape index (κ2) is 5.48. The Bertz CT molecular complexity index is 613. The average molecular weight is 259 g/mol. The highest BCUT2D eigenvalue weighted by Gasteiger charge is 2.11. The number of amides is 1. The Balaban J connectivity index is 2.08. The van der Waals surface area contributed by atoms with Crippen LogP contribution in [0.15, 0.2) is 36.5 Å². The first-order chi connectivity index (χ1) is 9.08. The van der Waals surface area contributed by atoms with Crippen LogP contribution in [0.5, 0.6) is 0 Å². The molecular formula is C14H14FN3O. The molecule has 0 bridgehead atoms. The minimum absolute atomic E-state index is 0.0252. The van der Waals surface area contributed by atoms with Gasteiger partial charge in [-0.05, 0) is 36.8 Å². The monoisotopic (exact) mass is 259 g/mol. The van der Waals surface area contributed by atoms with Crippen LogP contribution >= 0.6 is 0 Å². The first-order valence-electron chi connectivity index (χ1n) is 5.81. The van der Waals surface area contributed by atoms with E-state index in [4.69, 9.17) is 5.73 Å². The lowest BCUT2D eigenvalue weighted by atomic mass is 10.1. The van der Waals surface area contributed by atoms with Crippen LogP contribution in [-0.2, 0) is 6.54 Å². The topological polar surface area (TPSA) is 68.0 Å². The summed E-state index contributed by atoms with van der Waals surface area (Å²) < 4.78 is 13.5. The molecule has 0 radical (unpaired) electrons. The number of rotatable bonds is 3. The molecule has 0 spiro atoms. The van der Waals surface area contributed by atoms with Crippen LogP contribution in [0.3, 0.4) is 0 Å². The predicted molar refractivity (Wildman–Crippen MR) is 71.0 cm³/mol. The number of nitrogens with zero attached hydrogens (tertiary/aromatic N) is 1. The van der Waals surface area contributed by atoms with Crippen molar-refractivity contribution in [2.45, 2.75) is 13.5 Å². The number of hydrogen-bond acceptors (Lipinski definition) is 3. The summed E-state index contributed by atoms with van der Waals surface area (Å²) in [6, 6.07) is 7.70. The number of nitrogens with two attached hydrogens (primary N) is 1. The molecule has 0 aliphatic carbocycles. The maximum Gasteiger partial charge on any atom is 0.254 e. The molecule has 1 aromatic heterocycles. The highest BCUT2D eigenvalue weighted by Crippen LogP contribution is 2.12. The van der Waals surface area contributed by atoms with E-state index >= 15 is 0 Å². The quantitative estimate of drug-likeness (QED) is 0.829. The van der Waals surface area contributed by atoms with Crippen LogP contribution in [0.25, 0.3) is 0 Å². The van der Waals surface area contributed by atoms with Gasteiger partial charge in [0.1, 0.15) is 5.82 Å². The molecule has 0 fully saturated rings. The SMILES string of the molecule is Cc1cccnc1CNC(=O)c1ccc(N)cc1F. The molecule has 5 heteroatoms. The molecule has 1 aromatic carbocycles. The summed E-state index contributed by atoms with van der Waals surface area (Å²) in [6.45, 7) is 2.16. The highest BCUT2D eigenvalue weighted by atomic mass is 19.1. The zero-order chi connectivity index (χ0) is 13.8. The summed E-state index contributed by atoms with van der Waals surface area (Å²) in [7, 11) is 0. The smallest absolute Gasteiger partial charge is 0.254 e. The Morgan fingerprint density at radius 2 is 2.21 bits per heavy atom. The molecule has 0 atom stereocenters. The third-order valence-electron chi connectivity index (χ3n) is 2.77. The maximum absolute atomic E-state index is 13.5. The number of carbonyl (C=O) groups is 1. The third kappa shape index (κ3) is 3.07. The fourth-order valence-electron chi connectivity index (χ4n) is 1.68. The molecule has 0 saturated heterocycles. The van der Waals surface area contributed by atoms with Crippen LogP contribution in [0.2, 0.25) is 0 Å². The number of aromatic nitrogens is 1. The van der Waals surface area contributed by atoms with E-state index in [1.807, 2.05) is 19.1 Å². The van der Waals surface area contributed by atoms with E-state index < -0.39 is 11.7 Å². The van der Waals surface area contributed by atoms with Crippen molar-refractivity contribution in [1.82, 2.24) is 10.3 Å². The molecular weight excluding hydrogens is 245 g/mol. The maximum atomic E-state index is 13.5. The minimum Gasteiger partial charge on any atom is -0.399 e. The first kappa shape index (κ1) is 13.0. The van der Waals surface area contributed by atoms with E-state index in [-0.39, 0.29) is 17.8 Å². The van der Waals surface area contributed by atoms with Crippen LogP contribution < -0.4 is 11.1 Å². The number of anilines is 1. The van der Waals surface area contributed by atoms with Crippen LogP contribution in [0.4, 0.5) is 10.1 Å². The second-order valence-electron chi connectivity index (χ2n) is 4.19. The molecule has 0 aliphatic rings. The Labute approximate surface area is 110 Å². The normalized spacial score (nSPS) is 10.2. The molecule has 1 heterocycles. The van der Waals surface area contributed by atoms with E-state index in [1.54, 1.807) is 6.20 Å². The molecule has 2 aromatic rings. The summed E-state index contributed by atoms with van der Waals surface area (Å²) in [5, 5.41) is 2.63. The van der Waals surface area contributed by atoms with Crippen molar-refractivity contribution in [3.8, 4) is 0 Å². The minimum atomic E-state index is -0.629. The molecule has 0 saturated carbocycles. The van der Waals surface area contributed by atoms with E-state index in [0.717, 1.165) is 17.3 Å². The van der Waals surface area contributed by atoms with Crippen LogP contribution in [0.1, 0.15) is 21.6 Å². The van der Waals surface area contributed by atoms with Gasteiger partial charge in [0.05, 0.1) is 17.8 Å². The van der Waals surface area contributed by atoms with Crippen molar-refractivity contribution >= 4 is 11.6 Å². The number of nitrogens with one attached hydrogen (secondary N) is 1. The van der Waals surface area contributed by atoms with Crippen molar-refractivity contribution < 1.29 is 9.18 Å². The number of halogens is 1. The second-order valence-corrected chi connectivity index (χ2v) is 4.19. The highest BCUT2D eigenvalue weighted by molar-refractivity contribution is 5.94. The van der Waals surface area contributed by atoms with Crippen molar-refractivity contribution in [3.63, 3.8) is 0 Å². The number of hydrogen-bond donors (Lipinski definition) is 2. The lowest BCUT2D eigenvalue weighted by Crippen LogP contribution is -2.24. The molecule has 1 amide bonds. The lowest BCUT2D eigenvalue weighted by molar-refractivity contribution is 0.0946. The van der Waals surface area contributed by atoms with Gasteiger partial charge in [-0.25, -0.2) is 4.39 Å². The zero-order valence-corrected chi connectivity index (χ0v) is 10.5. The Morgan fingerprint density at radius 1 is 1.42 bits per heavy atom. The van der Waals surface area contributed by atoms with Gasteiger partial charge >= 0.3 is 0 Å². The van der Waals surface area contributed by atoms with Crippen molar-refractivity contribution in [2.24, 2.45) is 0 Å². The van der Waals surface area contributed by atoms with Crippen LogP contribution in [0, 0.1) is 12.7 Å². The average Bonchev–Trinajstić information content (AvgIpc) is 2.37. The van der Waals surface area contributed by atoms with E-state index in [9.17, 15) is 9.18 Å². The third-order valence-corrected chi connectivity index (χ3v) is 2.77. The molecule has 98 valence electrons. The zero-order valence-electron chi connectivity index (χ0n) is 10.5. The molecule has 0 aliphatic heterocycles. The van der Waals surface area contributed by atoms with Crippen LogP contribution in [-0.4, -0.2) is 10.9 Å². The Hall–Kier alpha value is -2.43. The van der Waals surface area contributed by atoms with Crippen molar-refractivity contribution in [3.05, 3.63) is 59.2 Å². The molecule has 3 N–H and O–H groups in total. The van der Waals surface area contributed by atoms with Crippen molar-refractivity contribution in [1.29, 1.82) is 0 Å². The Kier molecular flexibility index (Phi) is 3.75. The Morgan fingerprint density at radius 3 is 2.89 bits per heavy atom. The van der Waals surface area contributed by atoms with E-state index in [1.165, 1.54) is 12.1 Å². The molecule has 4 nitrogen and oxygen atoms in total. The first-order valence-corrected chi connectivity index (χ1v) is 5.81. The number of pyridine rings is 1. The molecule has 19 heavy (non-hydrogen) atoms. The lowest BCUT2D eigenvalue weighted by Gasteiger charge is -2.08. The van der Waals surface area contributed by atoms with Gasteiger partial charge in [-0.3, -0.25) is 9.78 Å². The summed E-state index contributed by atoms with van der Waals surface area (Å²) in [6.07, 6.45) is 1.65. The summed E-state index contributed by atoms with van der Waals surface area (Å²) in [5.74, 6) is -1.11. The van der Waals surface area contributed by atoms with Gasteiger partial charge in [0.15, 0.2) is 0 Å². The predicted octanol–water partition coefficient (Wildman–Crippen LogP) is 2.04. The van der Waals surface area contributed by atoms with Gasteiger partial charge < -0.3 is 11.1 Å². The van der Waals surface area contributed by atoms with Gasteiger partial charge in [-0.15, -0.1) is 0 Å². The summed E-state index contributed by atoms with van der Waals surface area (Å²) in [5.41, 5.74) is 7.42. The number of nitrogen functional groups attached to an aromatic ring is 1. The van der Waals surface area contributed by atoms with E-state index in [0.29, 0.717) is 0 Å². The largest absolute Gasteiger partial charge is 0.399 e. The number of carbonyl (C=O) groups excluding carboxylic acids is 1. The van der Waals surface area contributed by atoms with Gasteiger partial charge in [-0.1, -0.05) is 6.07 Å². The van der Waals surface area contributed by atoms with Gasteiger partial charge in [-0.2, -0.15) is 0 Å². The fourth-order valence-corrected chi connectivity index (χ4v) is 1.68. The standard InChI is InChI=1S/C14H14FN3O/c1-9-3-2-6-17-13(9)8-18-14(19)11-5-4-10(16)7-12(11)15/h2-7H,8,16H2,1H3,(H,18,19). The van der Waals surface area contributed by atoms with Gasteiger partial charge in [0, 0.05) is 11.9 Å². The summed E-state index contributed by atoms with van der Waals surface area (Å²) >= 11 is 0. The van der Waals surface area contributed by atoms with Gasteiger partial charge in [0.25, 0.3) is 5.91 Å². The number of benzene rings is 1. The molecule has 0 unspecified atom stereocenters. The van der Waals surface area contributed by atoms with Crippen molar-refractivity contribution in [2.75, 3.05) is 5.73 Å². The van der Waals surface area contributed by atoms with Gasteiger partial charge in [0.2, 0.25) is 0 Å². The molecule has 2 rings (SSSR count). The fraction of sp³-hybridized carbons (Fsp3) is 0.143. The number of aryl methyl sites for hydroxylation is 1. The summed E-state index contributed by atoms with van der Waals surface area (Å²) in [4.78, 5) is 16.0.